The molecule has 0 saturated heterocycles. The Balaban J connectivity index is 1.44. The first-order valence-corrected chi connectivity index (χ1v) is 8.67. The number of rotatable bonds is 5. The number of hydrogen-bond acceptors (Lipinski definition) is 4. The van der Waals surface area contributed by atoms with Crippen LogP contribution in [-0.2, 0) is 4.79 Å². The molecule has 2 N–H and O–H groups in total. The van der Waals surface area contributed by atoms with E-state index in [0.717, 1.165) is 0 Å². The van der Waals surface area contributed by atoms with E-state index in [-0.39, 0.29) is 35.7 Å². The standard InChI is InChI=1S/C18H16Cl2N2O4/c19-11-5-6-13(14(20)7-11)18(24)22-9-17(23)21-8-12-10-25-15-3-1-2-4-16(15)26-12/h1-7,12H,8-10H2,(H,21,23)(H,22,24). The molecule has 26 heavy (non-hydrogen) atoms. The number of hydrogen-bond donors (Lipinski definition) is 2. The summed E-state index contributed by atoms with van der Waals surface area (Å²) in [6.45, 7) is 0.427. The number of ether oxygens (including phenoxy) is 2. The van der Waals surface area contributed by atoms with E-state index in [1.165, 1.54) is 12.1 Å². The summed E-state index contributed by atoms with van der Waals surface area (Å²) in [4.78, 5) is 24.0. The van der Waals surface area contributed by atoms with Gasteiger partial charge in [0.15, 0.2) is 11.5 Å². The Hall–Kier alpha value is -2.44. The molecule has 1 aliphatic heterocycles. The lowest BCUT2D eigenvalue weighted by molar-refractivity contribution is -0.120. The van der Waals surface area contributed by atoms with Gasteiger partial charge in [0, 0.05) is 5.02 Å². The Morgan fingerprint density at radius 1 is 1.08 bits per heavy atom. The molecule has 0 fully saturated rings. The van der Waals surface area contributed by atoms with Crippen LogP contribution in [0, 0.1) is 0 Å². The van der Waals surface area contributed by atoms with Gasteiger partial charge in [-0.05, 0) is 30.3 Å². The predicted octanol–water partition coefficient (Wildman–Crippen LogP) is 2.68. The van der Waals surface area contributed by atoms with Gasteiger partial charge in [-0.15, -0.1) is 0 Å². The summed E-state index contributed by atoms with van der Waals surface area (Å²) in [5.74, 6) is 0.532. The number of benzene rings is 2. The molecule has 2 aromatic carbocycles. The molecule has 2 aromatic rings. The van der Waals surface area contributed by atoms with Crippen molar-refractivity contribution in [3.63, 3.8) is 0 Å². The first-order valence-electron chi connectivity index (χ1n) is 7.91. The van der Waals surface area contributed by atoms with E-state index >= 15 is 0 Å². The maximum atomic E-state index is 12.1. The summed E-state index contributed by atoms with van der Waals surface area (Å²) in [5.41, 5.74) is 0.254. The van der Waals surface area contributed by atoms with Crippen LogP contribution < -0.4 is 20.1 Å². The first kappa shape index (κ1) is 18.4. The van der Waals surface area contributed by atoms with Gasteiger partial charge in [0.05, 0.1) is 23.7 Å². The Kier molecular flexibility index (Phi) is 5.85. The van der Waals surface area contributed by atoms with Crippen molar-refractivity contribution in [3.8, 4) is 11.5 Å². The largest absolute Gasteiger partial charge is 0.486 e. The summed E-state index contributed by atoms with van der Waals surface area (Å²) in [7, 11) is 0. The van der Waals surface area contributed by atoms with Gasteiger partial charge in [0.1, 0.15) is 12.7 Å². The molecule has 136 valence electrons. The Morgan fingerprint density at radius 3 is 2.62 bits per heavy atom. The van der Waals surface area contributed by atoms with Gasteiger partial charge in [-0.25, -0.2) is 0 Å². The van der Waals surface area contributed by atoms with Crippen molar-refractivity contribution in [2.75, 3.05) is 19.7 Å². The topological polar surface area (TPSA) is 76.7 Å². The van der Waals surface area contributed by atoms with Crippen molar-refractivity contribution in [2.45, 2.75) is 6.10 Å². The maximum absolute atomic E-state index is 12.1. The number of carbonyl (C=O) groups is 2. The second-order valence-electron chi connectivity index (χ2n) is 5.61. The highest BCUT2D eigenvalue weighted by Crippen LogP contribution is 2.30. The zero-order valence-electron chi connectivity index (χ0n) is 13.6. The molecule has 1 atom stereocenters. The molecule has 0 radical (unpaired) electrons. The van der Waals surface area contributed by atoms with E-state index in [1.807, 2.05) is 18.2 Å². The van der Waals surface area contributed by atoms with Crippen LogP contribution in [0.4, 0.5) is 0 Å². The van der Waals surface area contributed by atoms with Gasteiger partial charge >= 0.3 is 0 Å². The first-order chi connectivity index (χ1) is 12.5. The second kappa shape index (κ2) is 8.29. The molecule has 1 heterocycles. The number of fused-ring (bicyclic) bond motifs is 1. The highest BCUT2D eigenvalue weighted by Gasteiger charge is 2.21. The summed E-state index contributed by atoms with van der Waals surface area (Å²) < 4.78 is 11.3. The van der Waals surface area contributed by atoms with Crippen molar-refractivity contribution in [1.82, 2.24) is 10.6 Å². The average Bonchev–Trinajstić information content (AvgIpc) is 2.64. The lowest BCUT2D eigenvalue weighted by Crippen LogP contribution is -2.44. The zero-order chi connectivity index (χ0) is 18.5. The number of carbonyl (C=O) groups excluding carboxylic acids is 2. The SMILES string of the molecule is O=C(CNC(=O)c1ccc(Cl)cc1Cl)NCC1COc2ccccc2O1. The van der Waals surface area contributed by atoms with Gasteiger partial charge in [-0.1, -0.05) is 35.3 Å². The quantitative estimate of drug-likeness (QED) is 0.816. The fourth-order valence-electron chi connectivity index (χ4n) is 2.38. The van der Waals surface area contributed by atoms with Crippen LogP contribution >= 0.6 is 23.2 Å². The van der Waals surface area contributed by atoms with Crippen molar-refractivity contribution in [1.29, 1.82) is 0 Å². The molecule has 8 heteroatoms. The summed E-state index contributed by atoms with van der Waals surface area (Å²) in [6.07, 6.45) is -0.296. The Morgan fingerprint density at radius 2 is 1.85 bits per heavy atom. The molecule has 2 amide bonds. The van der Waals surface area contributed by atoms with Crippen LogP contribution in [0.3, 0.4) is 0 Å². The third-order valence-corrected chi connectivity index (χ3v) is 4.23. The van der Waals surface area contributed by atoms with Crippen molar-refractivity contribution in [2.24, 2.45) is 0 Å². The van der Waals surface area contributed by atoms with Gasteiger partial charge in [-0.3, -0.25) is 9.59 Å². The predicted molar refractivity (Wildman–Crippen MR) is 98.2 cm³/mol. The maximum Gasteiger partial charge on any atom is 0.253 e. The fraction of sp³-hybridized carbons (Fsp3) is 0.222. The fourth-order valence-corrected chi connectivity index (χ4v) is 2.88. The Bertz CT molecular complexity index is 829. The molecule has 1 unspecified atom stereocenters. The molecule has 6 nitrogen and oxygen atoms in total. The third-order valence-electron chi connectivity index (χ3n) is 3.68. The van der Waals surface area contributed by atoms with Crippen molar-refractivity contribution in [3.05, 3.63) is 58.1 Å². The van der Waals surface area contributed by atoms with Gasteiger partial charge in [-0.2, -0.15) is 0 Å². The normalized spacial score (nSPS) is 15.2. The zero-order valence-corrected chi connectivity index (χ0v) is 15.1. The smallest absolute Gasteiger partial charge is 0.253 e. The van der Waals surface area contributed by atoms with Crippen molar-refractivity contribution < 1.29 is 19.1 Å². The van der Waals surface area contributed by atoms with Crippen LogP contribution in [-0.4, -0.2) is 37.6 Å². The third kappa shape index (κ3) is 4.59. The lowest BCUT2D eigenvalue weighted by atomic mass is 10.2. The minimum atomic E-state index is -0.451. The van der Waals surface area contributed by atoms with E-state index in [9.17, 15) is 9.59 Å². The van der Waals surface area contributed by atoms with Crippen LogP contribution in [0.5, 0.6) is 11.5 Å². The Labute approximate surface area is 160 Å². The molecule has 0 spiro atoms. The van der Waals surface area contributed by atoms with Gasteiger partial charge < -0.3 is 20.1 Å². The molecule has 0 saturated carbocycles. The number of para-hydroxylation sites is 2. The van der Waals surface area contributed by atoms with Crippen LogP contribution in [0.1, 0.15) is 10.4 Å². The number of halogens is 2. The molecule has 3 rings (SSSR count). The van der Waals surface area contributed by atoms with E-state index in [4.69, 9.17) is 32.7 Å². The molecular formula is C18H16Cl2N2O4. The molecule has 0 aromatic heterocycles. The highest BCUT2D eigenvalue weighted by molar-refractivity contribution is 6.36. The minimum Gasteiger partial charge on any atom is -0.486 e. The second-order valence-corrected chi connectivity index (χ2v) is 6.45. The van der Waals surface area contributed by atoms with Crippen LogP contribution in [0.2, 0.25) is 10.0 Å². The summed E-state index contributed by atoms with van der Waals surface area (Å²) in [6, 6.07) is 11.9. The summed E-state index contributed by atoms with van der Waals surface area (Å²) in [5, 5.41) is 5.87. The van der Waals surface area contributed by atoms with Crippen LogP contribution in [0.25, 0.3) is 0 Å². The molecular weight excluding hydrogens is 379 g/mol. The van der Waals surface area contributed by atoms with E-state index < -0.39 is 5.91 Å². The number of nitrogens with one attached hydrogen (secondary N) is 2. The minimum absolute atomic E-state index is 0.179. The van der Waals surface area contributed by atoms with E-state index in [0.29, 0.717) is 23.1 Å². The average molecular weight is 395 g/mol. The summed E-state index contributed by atoms with van der Waals surface area (Å²) >= 11 is 11.8. The van der Waals surface area contributed by atoms with Gasteiger partial charge in [0.2, 0.25) is 5.91 Å². The monoisotopic (exact) mass is 394 g/mol. The molecule has 0 aliphatic carbocycles. The highest BCUT2D eigenvalue weighted by atomic mass is 35.5. The number of amides is 2. The van der Waals surface area contributed by atoms with E-state index in [1.54, 1.807) is 12.1 Å². The molecule has 0 bridgehead atoms. The van der Waals surface area contributed by atoms with Gasteiger partial charge in [0.25, 0.3) is 5.91 Å². The van der Waals surface area contributed by atoms with Crippen LogP contribution in [0.15, 0.2) is 42.5 Å². The van der Waals surface area contributed by atoms with Crippen molar-refractivity contribution >= 4 is 35.0 Å². The molecule has 1 aliphatic rings. The van der Waals surface area contributed by atoms with E-state index in [2.05, 4.69) is 10.6 Å². The lowest BCUT2D eigenvalue weighted by Gasteiger charge is -2.26.